The van der Waals surface area contributed by atoms with Gasteiger partial charge in [0.15, 0.2) is 0 Å². The van der Waals surface area contributed by atoms with Crippen LogP contribution < -0.4 is 0 Å². The quantitative estimate of drug-likeness (QED) is 0.340. The number of halogens is 1. The van der Waals surface area contributed by atoms with Gasteiger partial charge in [-0.3, -0.25) is 0 Å². The Labute approximate surface area is 85.6 Å². The average molecular weight is 233 g/mol. The van der Waals surface area contributed by atoms with E-state index in [-0.39, 0.29) is 0 Å². The SMILES string of the molecule is CCCC(=CCCCBr)CCC. The lowest BCUT2D eigenvalue weighted by Gasteiger charge is -2.03. The zero-order valence-corrected chi connectivity index (χ0v) is 9.99. The highest BCUT2D eigenvalue weighted by molar-refractivity contribution is 9.09. The molecule has 0 saturated heterocycles. The molecule has 0 atom stereocenters. The minimum atomic E-state index is 1.13. The van der Waals surface area contributed by atoms with Gasteiger partial charge < -0.3 is 0 Å². The summed E-state index contributed by atoms with van der Waals surface area (Å²) in [4.78, 5) is 0. The standard InChI is InChI=1S/C11H21Br/c1-3-7-11(8-4-2)9-5-6-10-12/h9H,3-8,10H2,1-2H3. The lowest BCUT2D eigenvalue weighted by molar-refractivity contribution is 0.789. The molecule has 0 saturated carbocycles. The van der Waals surface area contributed by atoms with Crippen LogP contribution in [0.1, 0.15) is 52.4 Å². The average Bonchev–Trinajstić information content (AvgIpc) is 2.06. The Morgan fingerprint density at radius 1 is 1.17 bits per heavy atom. The number of hydrogen-bond acceptors (Lipinski definition) is 0. The first-order valence-electron chi connectivity index (χ1n) is 5.09. The Bertz CT molecular complexity index is 108. The van der Waals surface area contributed by atoms with Crippen LogP contribution in [-0.4, -0.2) is 5.33 Å². The molecular formula is C11H21Br. The molecule has 0 aromatic heterocycles. The van der Waals surface area contributed by atoms with Gasteiger partial charge in [0.25, 0.3) is 0 Å². The highest BCUT2D eigenvalue weighted by atomic mass is 79.9. The minimum absolute atomic E-state index is 1.13. The lowest BCUT2D eigenvalue weighted by Crippen LogP contribution is -1.83. The summed E-state index contributed by atoms with van der Waals surface area (Å²) in [6.07, 6.45) is 10.2. The van der Waals surface area contributed by atoms with Crippen molar-refractivity contribution in [2.45, 2.75) is 52.4 Å². The fourth-order valence-corrected chi connectivity index (χ4v) is 1.68. The molecule has 0 rings (SSSR count). The Morgan fingerprint density at radius 2 is 1.75 bits per heavy atom. The lowest BCUT2D eigenvalue weighted by atomic mass is 10.0. The van der Waals surface area contributed by atoms with E-state index in [4.69, 9.17) is 0 Å². The first-order valence-corrected chi connectivity index (χ1v) is 6.21. The molecule has 0 aromatic carbocycles. The zero-order chi connectivity index (χ0) is 9.23. The predicted octanol–water partition coefficient (Wildman–Crippen LogP) is 4.69. The second kappa shape index (κ2) is 9.31. The molecule has 0 heterocycles. The van der Waals surface area contributed by atoms with E-state index in [0.29, 0.717) is 0 Å². The van der Waals surface area contributed by atoms with Crippen molar-refractivity contribution in [3.05, 3.63) is 11.6 Å². The summed E-state index contributed by atoms with van der Waals surface area (Å²) in [5.74, 6) is 0. The summed E-state index contributed by atoms with van der Waals surface area (Å²) in [5.41, 5.74) is 1.67. The van der Waals surface area contributed by atoms with Gasteiger partial charge in [-0.25, -0.2) is 0 Å². The van der Waals surface area contributed by atoms with Gasteiger partial charge >= 0.3 is 0 Å². The molecule has 0 spiro atoms. The maximum atomic E-state index is 3.45. The van der Waals surface area contributed by atoms with Gasteiger partial charge in [-0.05, 0) is 25.7 Å². The maximum absolute atomic E-state index is 3.45. The largest absolute Gasteiger partial charge is 0.0928 e. The molecule has 0 N–H and O–H groups in total. The van der Waals surface area contributed by atoms with Crippen molar-refractivity contribution >= 4 is 15.9 Å². The van der Waals surface area contributed by atoms with Crippen molar-refractivity contribution < 1.29 is 0 Å². The van der Waals surface area contributed by atoms with Crippen LogP contribution in [0.3, 0.4) is 0 Å². The molecule has 0 bridgehead atoms. The third-order valence-corrected chi connectivity index (χ3v) is 2.47. The Hall–Kier alpha value is 0.220. The molecule has 72 valence electrons. The molecule has 1 heteroatoms. The highest BCUT2D eigenvalue weighted by Gasteiger charge is 1.93. The van der Waals surface area contributed by atoms with Gasteiger partial charge in [0.05, 0.1) is 0 Å². The zero-order valence-electron chi connectivity index (χ0n) is 8.41. The fourth-order valence-electron chi connectivity index (χ4n) is 1.35. The van der Waals surface area contributed by atoms with E-state index in [1.807, 2.05) is 0 Å². The molecule has 0 radical (unpaired) electrons. The van der Waals surface area contributed by atoms with E-state index < -0.39 is 0 Å². The van der Waals surface area contributed by atoms with Gasteiger partial charge in [-0.1, -0.05) is 54.3 Å². The molecule has 0 aliphatic carbocycles. The molecule has 0 aliphatic rings. The van der Waals surface area contributed by atoms with Crippen molar-refractivity contribution in [2.24, 2.45) is 0 Å². The molecule has 12 heavy (non-hydrogen) atoms. The number of hydrogen-bond donors (Lipinski definition) is 0. The van der Waals surface area contributed by atoms with E-state index in [1.165, 1.54) is 38.5 Å². The summed E-state index contributed by atoms with van der Waals surface area (Å²) in [6, 6.07) is 0. The van der Waals surface area contributed by atoms with Crippen molar-refractivity contribution in [3.8, 4) is 0 Å². The maximum Gasteiger partial charge on any atom is 0.00342 e. The van der Waals surface area contributed by atoms with Gasteiger partial charge in [-0.15, -0.1) is 0 Å². The van der Waals surface area contributed by atoms with Gasteiger partial charge in [0, 0.05) is 5.33 Å². The molecule has 0 nitrogen and oxygen atoms in total. The summed E-state index contributed by atoms with van der Waals surface area (Å²) < 4.78 is 0. The van der Waals surface area contributed by atoms with Gasteiger partial charge in [0.1, 0.15) is 0 Å². The molecule has 0 aliphatic heterocycles. The molecular weight excluding hydrogens is 212 g/mol. The monoisotopic (exact) mass is 232 g/mol. The first kappa shape index (κ1) is 12.2. The third-order valence-electron chi connectivity index (χ3n) is 1.91. The summed E-state index contributed by atoms with van der Waals surface area (Å²) in [7, 11) is 0. The van der Waals surface area contributed by atoms with Crippen LogP contribution in [0.15, 0.2) is 11.6 Å². The first-order chi connectivity index (χ1) is 5.85. The number of rotatable bonds is 7. The van der Waals surface area contributed by atoms with E-state index >= 15 is 0 Å². The predicted molar refractivity (Wildman–Crippen MR) is 60.9 cm³/mol. The van der Waals surface area contributed by atoms with Crippen molar-refractivity contribution in [3.63, 3.8) is 0 Å². The summed E-state index contributed by atoms with van der Waals surface area (Å²) in [5, 5.41) is 1.13. The third kappa shape index (κ3) is 6.90. The fraction of sp³-hybridized carbons (Fsp3) is 0.818. The minimum Gasteiger partial charge on any atom is -0.0928 e. The molecule has 0 unspecified atom stereocenters. The van der Waals surface area contributed by atoms with Crippen molar-refractivity contribution in [1.29, 1.82) is 0 Å². The number of alkyl halides is 1. The van der Waals surface area contributed by atoms with Crippen LogP contribution in [0, 0.1) is 0 Å². The Kier molecular flexibility index (Phi) is 9.48. The van der Waals surface area contributed by atoms with E-state index in [2.05, 4.69) is 35.9 Å². The number of unbranched alkanes of at least 4 members (excludes halogenated alkanes) is 1. The van der Waals surface area contributed by atoms with Crippen LogP contribution in [0.25, 0.3) is 0 Å². The van der Waals surface area contributed by atoms with Crippen LogP contribution >= 0.6 is 15.9 Å². The van der Waals surface area contributed by atoms with Crippen molar-refractivity contribution in [1.82, 2.24) is 0 Å². The van der Waals surface area contributed by atoms with Gasteiger partial charge in [-0.2, -0.15) is 0 Å². The smallest absolute Gasteiger partial charge is 0.00342 e. The Morgan fingerprint density at radius 3 is 2.17 bits per heavy atom. The number of allylic oxidation sites excluding steroid dienone is 2. The van der Waals surface area contributed by atoms with Crippen LogP contribution in [0.2, 0.25) is 0 Å². The highest BCUT2D eigenvalue weighted by Crippen LogP contribution is 2.13. The Balaban J connectivity index is 3.64. The van der Waals surface area contributed by atoms with Crippen LogP contribution in [0.4, 0.5) is 0 Å². The van der Waals surface area contributed by atoms with Crippen LogP contribution in [0.5, 0.6) is 0 Å². The summed E-state index contributed by atoms with van der Waals surface area (Å²) in [6.45, 7) is 4.52. The van der Waals surface area contributed by atoms with E-state index in [0.717, 1.165) is 5.33 Å². The second-order valence-corrected chi connectivity index (χ2v) is 3.99. The topological polar surface area (TPSA) is 0 Å². The molecule has 0 fully saturated rings. The second-order valence-electron chi connectivity index (χ2n) is 3.19. The van der Waals surface area contributed by atoms with E-state index in [9.17, 15) is 0 Å². The molecule has 0 amide bonds. The van der Waals surface area contributed by atoms with Crippen LogP contribution in [-0.2, 0) is 0 Å². The van der Waals surface area contributed by atoms with E-state index in [1.54, 1.807) is 5.57 Å². The van der Waals surface area contributed by atoms with Crippen molar-refractivity contribution in [2.75, 3.05) is 5.33 Å². The van der Waals surface area contributed by atoms with Gasteiger partial charge in [0.2, 0.25) is 0 Å². The molecule has 0 aromatic rings. The summed E-state index contributed by atoms with van der Waals surface area (Å²) >= 11 is 3.45. The normalized spacial score (nSPS) is 9.92.